The highest BCUT2D eigenvalue weighted by molar-refractivity contribution is 5.69. The molecule has 0 spiro atoms. The van der Waals surface area contributed by atoms with E-state index >= 15 is 0 Å². The van der Waals surface area contributed by atoms with Gasteiger partial charge in [-0.25, -0.2) is 14.8 Å². The van der Waals surface area contributed by atoms with E-state index in [2.05, 4.69) is 9.97 Å². The molecule has 0 aliphatic heterocycles. The highest BCUT2D eigenvalue weighted by atomic mass is 19.4. The molecule has 4 rings (SSSR count). The van der Waals surface area contributed by atoms with Gasteiger partial charge in [0, 0.05) is 11.1 Å². The Bertz CT molecular complexity index is 1400. The maximum Gasteiger partial charge on any atom is 0.416 e. The van der Waals surface area contributed by atoms with E-state index in [1.807, 2.05) is 31.2 Å². The lowest BCUT2D eigenvalue weighted by molar-refractivity contribution is -0.139. The second-order valence-electron chi connectivity index (χ2n) is 8.39. The fourth-order valence-electron chi connectivity index (χ4n) is 3.57. The number of ether oxygens (including phenoxy) is 2. The lowest BCUT2D eigenvalue weighted by atomic mass is 10.0. The molecule has 0 radical (unpaired) electrons. The second kappa shape index (κ2) is 10.7. The molecule has 6 nitrogen and oxygen atoms in total. The molecule has 0 bridgehead atoms. The number of hydrogen-bond donors (Lipinski definition) is 1. The van der Waals surface area contributed by atoms with Crippen molar-refractivity contribution in [2.75, 3.05) is 6.61 Å². The predicted octanol–water partition coefficient (Wildman–Crippen LogP) is 6.49. The first-order valence-electron chi connectivity index (χ1n) is 11.3. The molecular formula is C28H23F3N2O4. The van der Waals surface area contributed by atoms with Gasteiger partial charge in [-0.05, 0) is 55.8 Å². The number of nitrogens with zero attached hydrogens (tertiary/aromatic N) is 2. The van der Waals surface area contributed by atoms with Crippen molar-refractivity contribution in [2.45, 2.75) is 26.6 Å². The lowest BCUT2D eigenvalue weighted by Gasteiger charge is -2.12. The summed E-state index contributed by atoms with van der Waals surface area (Å²) < 4.78 is 50.2. The number of hydrogen-bond acceptors (Lipinski definition) is 5. The molecule has 37 heavy (non-hydrogen) atoms. The Morgan fingerprint density at radius 3 is 1.97 bits per heavy atom. The van der Waals surface area contributed by atoms with E-state index in [9.17, 15) is 18.0 Å². The number of carbonyl (C=O) groups is 1. The molecule has 1 aromatic heterocycles. The Hall–Kier alpha value is -4.40. The minimum Gasteiger partial charge on any atom is -0.486 e. The molecular weight excluding hydrogens is 485 g/mol. The van der Waals surface area contributed by atoms with Gasteiger partial charge in [-0.2, -0.15) is 13.2 Å². The molecule has 0 fully saturated rings. The summed E-state index contributed by atoms with van der Waals surface area (Å²) in [5.74, 6) is 0.198. The maximum absolute atomic E-state index is 13.0. The number of halogens is 3. The smallest absolute Gasteiger partial charge is 0.416 e. The zero-order chi connectivity index (χ0) is 26.6. The molecule has 4 aromatic rings. The molecule has 1 heterocycles. The van der Waals surface area contributed by atoms with E-state index in [-0.39, 0.29) is 6.61 Å². The molecule has 0 aliphatic carbocycles. The molecule has 9 heteroatoms. The third kappa shape index (κ3) is 6.63. The SMILES string of the molecule is Cc1ccc(-c2cc(-c3ccc(C(F)(F)F)cc3)nc(COc3ccc(OCC(=O)O)c(C)c3)n2)cc1. The lowest BCUT2D eigenvalue weighted by Crippen LogP contribution is -2.10. The quantitative estimate of drug-likeness (QED) is 0.293. The molecule has 190 valence electrons. The van der Waals surface area contributed by atoms with Crippen molar-refractivity contribution in [2.24, 2.45) is 0 Å². The summed E-state index contributed by atoms with van der Waals surface area (Å²) in [4.78, 5) is 19.9. The number of carboxylic acid groups (broad SMARTS) is 1. The number of rotatable bonds is 8. The third-order valence-electron chi connectivity index (χ3n) is 5.49. The van der Waals surface area contributed by atoms with Gasteiger partial charge in [0.05, 0.1) is 17.0 Å². The number of alkyl halides is 3. The molecule has 0 unspecified atom stereocenters. The van der Waals surface area contributed by atoms with Gasteiger partial charge in [-0.3, -0.25) is 0 Å². The molecule has 0 atom stereocenters. The van der Waals surface area contributed by atoms with E-state index in [0.29, 0.717) is 39.8 Å². The summed E-state index contributed by atoms with van der Waals surface area (Å²) in [6.07, 6.45) is -4.43. The van der Waals surface area contributed by atoms with Crippen LogP contribution in [0.3, 0.4) is 0 Å². The first-order valence-corrected chi connectivity index (χ1v) is 11.3. The Morgan fingerprint density at radius 2 is 1.43 bits per heavy atom. The zero-order valence-electron chi connectivity index (χ0n) is 20.0. The van der Waals surface area contributed by atoms with E-state index in [1.54, 1.807) is 31.2 Å². The van der Waals surface area contributed by atoms with Crippen LogP contribution in [0.2, 0.25) is 0 Å². The highest BCUT2D eigenvalue weighted by Gasteiger charge is 2.30. The van der Waals surface area contributed by atoms with Gasteiger partial charge in [0.25, 0.3) is 0 Å². The van der Waals surface area contributed by atoms with Crippen LogP contribution >= 0.6 is 0 Å². The molecule has 0 saturated carbocycles. The minimum absolute atomic E-state index is 0.00209. The minimum atomic E-state index is -4.43. The first-order chi connectivity index (χ1) is 17.6. The van der Waals surface area contributed by atoms with Crippen molar-refractivity contribution >= 4 is 5.97 Å². The summed E-state index contributed by atoms with van der Waals surface area (Å²) in [5, 5.41) is 8.79. The van der Waals surface area contributed by atoms with Crippen molar-refractivity contribution in [3.8, 4) is 34.0 Å². The number of aromatic nitrogens is 2. The summed E-state index contributed by atoms with van der Waals surface area (Å²) in [5.41, 5.74) is 3.45. The van der Waals surface area contributed by atoms with Crippen molar-refractivity contribution in [1.29, 1.82) is 0 Å². The fraction of sp³-hybridized carbons (Fsp3) is 0.179. The number of aryl methyl sites for hydroxylation is 2. The van der Waals surface area contributed by atoms with Crippen molar-refractivity contribution < 1.29 is 32.5 Å². The van der Waals surface area contributed by atoms with Gasteiger partial charge in [0.1, 0.15) is 18.1 Å². The summed E-state index contributed by atoms with van der Waals surface area (Å²) >= 11 is 0. The van der Waals surface area contributed by atoms with Crippen LogP contribution in [0.5, 0.6) is 11.5 Å². The van der Waals surface area contributed by atoms with Crippen LogP contribution in [0.1, 0.15) is 22.5 Å². The highest BCUT2D eigenvalue weighted by Crippen LogP contribution is 2.32. The summed E-state index contributed by atoms with van der Waals surface area (Å²) in [7, 11) is 0. The third-order valence-corrected chi connectivity index (χ3v) is 5.49. The monoisotopic (exact) mass is 508 g/mol. The standard InChI is InChI=1S/C28H23F3N2O4/c1-17-3-5-19(6-4-17)23-14-24(20-7-9-21(10-8-20)28(29,30)31)33-26(32-23)15-36-22-11-12-25(18(2)13-22)37-16-27(34)35/h3-14H,15-16H2,1-2H3,(H,34,35). The molecule has 3 aromatic carbocycles. The van der Waals surface area contributed by atoms with Crippen molar-refractivity contribution in [3.63, 3.8) is 0 Å². The van der Waals surface area contributed by atoms with Crippen LogP contribution < -0.4 is 9.47 Å². The van der Waals surface area contributed by atoms with Crippen molar-refractivity contribution in [3.05, 3.63) is 95.3 Å². The van der Waals surface area contributed by atoms with Crippen LogP contribution in [0.15, 0.2) is 72.8 Å². The summed E-state index contributed by atoms with van der Waals surface area (Å²) in [6.45, 7) is 3.29. The number of carboxylic acids is 1. The average molecular weight is 508 g/mol. The van der Waals surface area contributed by atoms with Crippen LogP contribution in [-0.2, 0) is 17.6 Å². The van der Waals surface area contributed by atoms with E-state index in [4.69, 9.17) is 14.6 Å². The number of benzene rings is 3. The van der Waals surface area contributed by atoms with Crippen LogP contribution in [0.4, 0.5) is 13.2 Å². The Labute approximate surface area is 211 Å². The van der Waals surface area contributed by atoms with E-state index in [1.165, 1.54) is 12.1 Å². The topological polar surface area (TPSA) is 81.5 Å². The van der Waals surface area contributed by atoms with Gasteiger partial charge >= 0.3 is 12.1 Å². The second-order valence-corrected chi connectivity index (χ2v) is 8.39. The van der Waals surface area contributed by atoms with Crippen LogP contribution in [0.25, 0.3) is 22.5 Å². The fourth-order valence-corrected chi connectivity index (χ4v) is 3.57. The molecule has 0 aliphatic rings. The van der Waals surface area contributed by atoms with Crippen LogP contribution in [0, 0.1) is 13.8 Å². The Morgan fingerprint density at radius 1 is 0.838 bits per heavy atom. The Balaban J connectivity index is 1.62. The Kier molecular flexibility index (Phi) is 7.42. The van der Waals surface area contributed by atoms with Crippen LogP contribution in [-0.4, -0.2) is 27.7 Å². The maximum atomic E-state index is 13.0. The van der Waals surface area contributed by atoms with Gasteiger partial charge in [0.15, 0.2) is 12.4 Å². The average Bonchev–Trinajstić information content (AvgIpc) is 2.86. The van der Waals surface area contributed by atoms with Gasteiger partial charge in [-0.15, -0.1) is 0 Å². The van der Waals surface area contributed by atoms with E-state index < -0.39 is 24.3 Å². The normalized spacial score (nSPS) is 11.3. The first kappa shape index (κ1) is 25.7. The number of aliphatic carboxylic acids is 1. The van der Waals surface area contributed by atoms with E-state index in [0.717, 1.165) is 23.3 Å². The molecule has 0 saturated heterocycles. The zero-order valence-corrected chi connectivity index (χ0v) is 20.0. The van der Waals surface area contributed by atoms with Gasteiger partial charge < -0.3 is 14.6 Å². The van der Waals surface area contributed by atoms with Gasteiger partial charge in [0.2, 0.25) is 0 Å². The largest absolute Gasteiger partial charge is 0.486 e. The molecule has 0 amide bonds. The predicted molar refractivity (Wildman–Crippen MR) is 131 cm³/mol. The summed E-state index contributed by atoms with van der Waals surface area (Å²) in [6, 6.07) is 19.2. The van der Waals surface area contributed by atoms with Gasteiger partial charge in [-0.1, -0.05) is 42.0 Å². The van der Waals surface area contributed by atoms with Crippen molar-refractivity contribution in [1.82, 2.24) is 9.97 Å². The molecule has 1 N–H and O–H groups in total.